The van der Waals surface area contributed by atoms with Crippen molar-refractivity contribution < 1.29 is 19.5 Å². The molecule has 1 amide bonds. The van der Waals surface area contributed by atoms with Crippen LogP contribution in [0.4, 0.5) is 0 Å². The summed E-state index contributed by atoms with van der Waals surface area (Å²) < 4.78 is 1.92. The van der Waals surface area contributed by atoms with E-state index in [1.54, 1.807) is 18.2 Å². The summed E-state index contributed by atoms with van der Waals surface area (Å²) in [6.07, 6.45) is 0.456. The highest BCUT2D eigenvalue weighted by atomic mass is 16.4. The molecule has 144 valence electrons. The third kappa shape index (κ3) is 3.27. The van der Waals surface area contributed by atoms with Gasteiger partial charge in [-0.2, -0.15) is 0 Å². The van der Waals surface area contributed by atoms with Crippen LogP contribution in [0.3, 0.4) is 0 Å². The Hall–Kier alpha value is -3.45. The molecule has 1 aromatic heterocycles. The highest BCUT2D eigenvalue weighted by molar-refractivity contribution is 6.45. The minimum absolute atomic E-state index is 0.133. The van der Waals surface area contributed by atoms with E-state index in [0.29, 0.717) is 29.6 Å². The topological polar surface area (TPSA) is 128 Å². The number of carboxylic acids is 1. The first-order valence-electron chi connectivity index (χ1n) is 8.87. The molecule has 28 heavy (non-hydrogen) atoms. The van der Waals surface area contributed by atoms with Crippen LogP contribution < -0.4 is 11.5 Å². The quantitative estimate of drug-likeness (QED) is 0.427. The molecular formula is C21H21N3O4. The number of rotatable bonds is 7. The number of carboxylic acid groups (broad SMARTS) is 1. The normalized spacial score (nSPS) is 12.1. The van der Waals surface area contributed by atoms with Gasteiger partial charge in [0.15, 0.2) is 0 Å². The van der Waals surface area contributed by atoms with Crippen molar-refractivity contribution in [3.63, 3.8) is 0 Å². The lowest BCUT2D eigenvalue weighted by Gasteiger charge is -2.11. The smallest absolute Gasteiger partial charge is 0.325 e. The van der Waals surface area contributed by atoms with E-state index in [1.807, 2.05) is 41.8 Å². The zero-order valence-corrected chi connectivity index (χ0v) is 15.4. The molecule has 0 spiro atoms. The first kappa shape index (κ1) is 19.3. The van der Waals surface area contributed by atoms with Crippen LogP contribution in [0.1, 0.15) is 40.1 Å². The predicted octanol–water partition coefficient (Wildman–Crippen LogP) is 2.00. The number of Topliss-reactive ketones (excluding diaryl/α,β-unsaturated/α-hetero) is 1. The van der Waals surface area contributed by atoms with Crippen LogP contribution in [0, 0.1) is 0 Å². The number of primary amides is 1. The molecule has 3 aromatic rings. The molecule has 3 rings (SSSR count). The van der Waals surface area contributed by atoms with Crippen molar-refractivity contribution >= 4 is 28.6 Å². The van der Waals surface area contributed by atoms with Gasteiger partial charge in [-0.3, -0.25) is 14.4 Å². The predicted molar refractivity (Wildman–Crippen MR) is 105 cm³/mol. The average Bonchev–Trinajstić information content (AvgIpc) is 3.00. The number of amides is 1. The molecule has 7 nitrogen and oxygen atoms in total. The van der Waals surface area contributed by atoms with Crippen molar-refractivity contribution in [2.24, 2.45) is 11.5 Å². The first-order valence-corrected chi connectivity index (χ1v) is 8.87. The molecule has 0 bridgehead atoms. The lowest BCUT2D eigenvalue weighted by atomic mass is 9.96. The number of fused-ring (bicyclic) bond motifs is 1. The SMILES string of the molecule is CCc1c(C(=O)C(N)=O)c2c(C(N)C(=O)O)cccc2n1Cc1ccccc1. The summed E-state index contributed by atoms with van der Waals surface area (Å²) in [5, 5.41) is 9.76. The summed E-state index contributed by atoms with van der Waals surface area (Å²) in [5.41, 5.74) is 13.8. The maximum Gasteiger partial charge on any atom is 0.325 e. The van der Waals surface area contributed by atoms with Gasteiger partial charge in [-0.1, -0.05) is 49.4 Å². The van der Waals surface area contributed by atoms with Gasteiger partial charge in [0, 0.05) is 23.1 Å². The van der Waals surface area contributed by atoms with E-state index in [1.165, 1.54) is 0 Å². The number of aromatic nitrogens is 1. The second-order valence-electron chi connectivity index (χ2n) is 6.50. The van der Waals surface area contributed by atoms with Gasteiger partial charge in [-0.15, -0.1) is 0 Å². The van der Waals surface area contributed by atoms with Crippen molar-refractivity contribution in [3.05, 3.63) is 70.9 Å². The molecule has 7 heteroatoms. The van der Waals surface area contributed by atoms with Crippen molar-refractivity contribution in [1.82, 2.24) is 4.57 Å². The molecule has 0 aliphatic carbocycles. The number of hydrogen-bond donors (Lipinski definition) is 3. The number of ketones is 1. The molecule has 0 fully saturated rings. The average molecular weight is 379 g/mol. The monoisotopic (exact) mass is 379 g/mol. The summed E-state index contributed by atoms with van der Waals surface area (Å²) in [6, 6.07) is 13.3. The molecule has 0 saturated carbocycles. The number of nitrogens with two attached hydrogens (primary N) is 2. The van der Waals surface area contributed by atoms with E-state index >= 15 is 0 Å². The molecule has 0 saturated heterocycles. The highest BCUT2D eigenvalue weighted by Gasteiger charge is 2.29. The largest absolute Gasteiger partial charge is 0.480 e. The van der Waals surface area contributed by atoms with Crippen LogP contribution in [0.2, 0.25) is 0 Å². The fourth-order valence-electron chi connectivity index (χ4n) is 3.55. The second-order valence-corrected chi connectivity index (χ2v) is 6.50. The number of nitrogens with zero attached hydrogens (tertiary/aromatic N) is 1. The Labute approximate surface area is 161 Å². The summed E-state index contributed by atoms with van der Waals surface area (Å²) in [5.74, 6) is -3.16. The summed E-state index contributed by atoms with van der Waals surface area (Å²) in [4.78, 5) is 35.9. The van der Waals surface area contributed by atoms with Gasteiger partial charge in [-0.25, -0.2) is 0 Å². The Morgan fingerprint density at radius 2 is 1.75 bits per heavy atom. The van der Waals surface area contributed by atoms with E-state index in [4.69, 9.17) is 11.5 Å². The van der Waals surface area contributed by atoms with Gasteiger partial charge in [0.1, 0.15) is 6.04 Å². The molecule has 1 unspecified atom stereocenters. The number of carbonyl (C=O) groups is 3. The maximum absolute atomic E-state index is 12.7. The standard InChI is InChI=1S/C21H21N3O4/c1-2-14-17(19(25)20(23)26)16-13(18(22)21(27)28)9-6-10-15(16)24(14)11-12-7-4-3-5-8-12/h3-10,18H,2,11,22H2,1H3,(H2,23,26)(H,27,28). The number of benzene rings is 2. The van der Waals surface area contributed by atoms with Crippen LogP contribution in [0.5, 0.6) is 0 Å². The van der Waals surface area contributed by atoms with Gasteiger partial charge >= 0.3 is 5.97 Å². The molecule has 1 heterocycles. The van der Waals surface area contributed by atoms with E-state index in [2.05, 4.69) is 0 Å². The minimum Gasteiger partial charge on any atom is -0.480 e. The van der Waals surface area contributed by atoms with Gasteiger partial charge in [0.25, 0.3) is 11.7 Å². The number of carbonyl (C=O) groups excluding carboxylic acids is 2. The molecule has 2 aromatic carbocycles. The van der Waals surface area contributed by atoms with Crippen molar-refractivity contribution in [1.29, 1.82) is 0 Å². The zero-order chi connectivity index (χ0) is 20.4. The fourth-order valence-corrected chi connectivity index (χ4v) is 3.55. The van der Waals surface area contributed by atoms with Gasteiger partial charge in [-0.05, 0) is 23.6 Å². The van der Waals surface area contributed by atoms with E-state index < -0.39 is 23.7 Å². The Morgan fingerprint density at radius 3 is 2.32 bits per heavy atom. The maximum atomic E-state index is 12.7. The molecule has 5 N–H and O–H groups in total. The van der Waals surface area contributed by atoms with Crippen LogP contribution in [-0.2, 0) is 22.6 Å². The second kappa shape index (κ2) is 7.66. The lowest BCUT2D eigenvalue weighted by Crippen LogP contribution is -2.25. The van der Waals surface area contributed by atoms with Crippen molar-refractivity contribution in [3.8, 4) is 0 Å². The molecule has 0 radical (unpaired) electrons. The Kier molecular flexibility index (Phi) is 5.28. The Morgan fingerprint density at radius 1 is 1.07 bits per heavy atom. The molecular weight excluding hydrogens is 358 g/mol. The molecule has 0 aliphatic heterocycles. The summed E-state index contributed by atoms with van der Waals surface area (Å²) in [7, 11) is 0. The Bertz CT molecular complexity index is 1070. The minimum atomic E-state index is -1.33. The van der Waals surface area contributed by atoms with E-state index in [-0.39, 0.29) is 11.1 Å². The first-order chi connectivity index (χ1) is 13.4. The van der Waals surface area contributed by atoms with Gasteiger partial charge in [0.2, 0.25) is 0 Å². The van der Waals surface area contributed by atoms with E-state index in [0.717, 1.165) is 5.56 Å². The van der Waals surface area contributed by atoms with Crippen molar-refractivity contribution in [2.75, 3.05) is 0 Å². The highest BCUT2D eigenvalue weighted by Crippen LogP contribution is 2.33. The van der Waals surface area contributed by atoms with Crippen LogP contribution in [0.15, 0.2) is 48.5 Å². The van der Waals surface area contributed by atoms with Gasteiger partial charge < -0.3 is 21.1 Å². The van der Waals surface area contributed by atoms with Crippen molar-refractivity contribution in [2.45, 2.75) is 25.9 Å². The third-order valence-electron chi connectivity index (χ3n) is 4.80. The Balaban J connectivity index is 2.37. The third-order valence-corrected chi connectivity index (χ3v) is 4.80. The van der Waals surface area contributed by atoms with Crippen LogP contribution in [0.25, 0.3) is 10.9 Å². The van der Waals surface area contributed by atoms with Gasteiger partial charge in [0.05, 0.1) is 5.56 Å². The molecule has 0 aliphatic rings. The molecule has 1 atom stereocenters. The van der Waals surface area contributed by atoms with E-state index in [9.17, 15) is 19.5 Å². The fraction of sp³-hybridized carbons (Fsp3) is 0.190. The number of aliphatic carboxylic acids is 1. The van der Waals surface area contributed by atoms with Crippen LogP contribution >= 0.6 is 0 Å². The summed E-state index contributed by atoms with van der Waals surface area (Å²) >= 11 is 0. The zero-order valence-electron chi connectivity index (χ0n) is 15.4. The number of hydrogen-bond acceptors (Lipinski definition) is 4. The summed E-state index contributed by atoms with van der Waals surface area (Å²) in [6.45, 7) is 2.32. The lowest BCUT2D eigenvalue weighted by molar-refractivity contribution is -0.138. The van der Waals surface area contributed by atoms with Crippen LogP contribution in [-0.4, -0.2) is 27.3 Å².